The van der Waals surface area contributed by atoms with Gasteiger partial charge in [0.1, 0.15) is 0 Å². The average Bonchev–Trinajstić information content (AvgIpc) is 2.89. The zero-order valence-electron chi connectivity index (χ0n) is 26.2. The van der Waals surface area contributed by atoms with Crippen molar-refractivity contribution in [3.8, 4) is 0 Å². The van der Waals surface area contributed by atoms with E-state index in [-0.39, 0.29) is 25.6 Å². The fourth-order valence-corrected chi connectivity index (χ4v) is 7.73. The van der Waals surface area contributed by atoms with Gasteiger partial charge in [-0.3, -0.25) is 0 Å². The summed E-state index contributed by atoms with van der Waals surface area (Å²) in [6.45, 7) is 11.2. The Morgan fingerprint density at radius 2 is 1.00 bits per heavy atom. The first-order valence-electron chi connectivity index (χ1n) is 14.6. The van der Waals surface area contributed by atoms with Crippen molar-refractivity contribution in [3.05, 3.63) is 116 Å². The minimum absolute atomic E-state index is 0. The molecule has 0 aromatic heterocycles. The molecule has 0 heterocycles. The summed E-state index contributed by atoms with van der Waals surface area (Å²) in [6, 6.07) is 28.1. The van der Waals surface area contributed by atoms with Crippen molar-refractivity contribution in [1.29, 1.82) is 0 Å². The second-order valence-corrected chi connectivity index (χ2v) is 19.5. The van der Waals surface area contributed by atoms with Gasteiger partial charge in [-0.1, -0.05) is 80.6 Å². The van der Waals surface area contributed by atoms with Crippen molar-refractivity contribution in [3.63, 3.8) is 0 Å². The molecular weight excluding hydrogens is 826 g/mol. The fourth-order valence-electron chi connectivity index (χ4n) is 4.41. The average molecular weight is 869 g/mol. The zero-order valence-corrected chi connectivity index (χ0v) is 32.1. The van der Waals surface area contributed by atoms with Gasteiger partial charge >= 0.3 is 36.4 Å². The molecule has 3 aromatic carbocycles. The van der Waals surface area contributed by atoms with Crippen LogP contribution >= 0.6 is 19.9 Å². The first kappa shape index (κ1) is 42.4. The van der Waals surface area contributed by atoms with Gasteiger partial charge in [-0.05, 0) is 101 Å². The molecule has 1 aliphatic rings. The van der Waals surface area contributed by atoms with E-state index in [1.807, 2.05) is 11.8 Å². The maximum absolute atomic E-state index is 11.2. The Labute approximate surface area is 287 Å². The summed E-state index contributed by atoms with van der Waals surface area (Å²) in [5.74, 6) is 0.513. The Kier molecular flexibility index (Phi) is 17.8. The molecule has 4 rings (SSSR count). The molecule has 0 amide bonds. The molecule has 0 bridgehead atoms. The monoisotopic (exact) mass is 868 g/mol. The van der Waals surface area contributed by atoms with E-state index in [0.717, 1.165) is 0 Å². The third-order valence-corrected chi connectivity index (χ3v) is 9.96. The van der Waals surface area contributed by atoms with Crippen molar-refractivity contribution in [2.24, 2.45) is 5.92 Å². The molecule has 0 saturated heterocycles. The van der Waals surface area contributed by atoms with E-state index >= 15 is 0 Å². The second kappa shape index (κ2) is 18.8. The van der Waals surface area contributed by atoms with Crippen molar-refractivity contribution in [2.75, 3.05) is 0 Å². The maximum Gasteiger partial charge on any atom is 0 e. The van der Waals surface area contributed by atoms with Gasteiger partial charge in [0, 0.05) is 40.2 Å². The van der Waals surface area contributed by atoms with Crippen LogP contribution in [0.5, 0.6) is 0 Å². The van der Waals surface area contributed by atoms with Crippen LogP contribution in [0.1, 0.15) is 57.6 Å². The molecule has 1 fully saturated rings. The molecule has 11 heteroatoms. The molecule has 0 aliphatic heterocycles. The molecular formula is C34H43F6OPRhSSb-. The standard InChI is InChI=1S/C26H31OPS.C8H12.6FH.Rh.Sb/c1-19(2)26(29-25-17-20(3)16-21(4)18-25)22(5)27-28(23-12-8-6-9-13-23)24-14-10-7-11-15-24;1-2-4-6-8-7-5-3-1;;;;;;;;/h6-19,22,26H,1-5H3;1-2,7-8H,3-6H2;6*1H;;/q;;;;;;;;;+5/p-6/t22-,26?;;;;;;;;;/m1........./s1. The molecule has 253 valence electrons. The number of halogens is 6. The van der Waals surface area contributed by atoms with Crippen LogP contribution in [0.25, 0.3) is 0 Å². The van der Waals surface area contributed by atoms with Crippen molar-refractivity contribution >= 4 is 50.0 Å². The van der Waals surface area contributed by atoms with Gasteiger partial charge < -0.3 is 4.52 Å². The third kappa shape index (κ3) is 21.1. The predicted molar refractivity (Wildman–Crippen MR) is 178 cm³/mol. The summed E-state index contributed by atoms with van der Waals surface area (Å²) in [5, 5.41) is 2.91. The van der Waals surface area contributed by atoms with Gasteiger partial charge in [0.25, 0.3) is 0 Å². The summed E-state index contributed by atoms with van der Waals surface area (Å²) in [7, 11) is -0.848. The van der Waals surface area contributed by atoms with E-state index in [0.29, 0.717) is 11.2 Å². The van der Waals surface area contributed by atoms with Crippen LogP contribution in [0, 0.1) is 45.4 Å². The number of benzene rings is 3. The van der Waals surface area contributed by atoms with E-state index in [1.165, 1.54) is 52.3 Å². The molecule has 0 N–H and O–H groups in total. The third-order valence-electron chi connectivity index (χ3n) is 6.17. The number of aryl methyl sites for hydroxylation is 2. The van der Waals surface area contributed by atoms with Crippen LogP contribution in [0.3, 0.4) is 0 Å². The van der Waals surface area contributed by atoms with E-state index in [1.54, 1.807) is 0 Å². The number of hydrogen-bond donors (Lipinski definition) is 0. The van der Waals surface area contributed by atoms with Gasteiger partial charge in [0.2, 0.25) is 0 Å². The summed E-state index contributed by atoms with van der Waals surface area (Å²) in [5.41, 5.74) is 2.64. The number of rotatable bonds is 8. The van der Waals surface area contributed by atoms with Gasteiger partial charge in [-0.2, -0.15) is 0 Å². The minimum Gasteiger partial charge on any atom is 0 e. The van der Waals surface area contributed by atoms with Gasteiger partial charge in [0.15, 0.2) is 0 Å². The molecule has 3 aromatic rings. The predicted octanol–water partition coefficient (Wildman–Crippen LogP) is 11.4. The molecule has 5 radical (unpaired) electrons. The van der Waals surface area contributed by atoms with E-state index in [9.17, 15) is 16.9 Å². The van der Waals surface area contributed by atoms with Crippen LogP contribution in [-0.2, 0) is 24.0 Å². The summed E-state index contributed by atoms with van der Waals surface area (Å²) in [4.78, 5) is 1.33. The molecule has 2 atom stereocenters. The number of thioether (sulfide) groups is 1. The molecule has 1 unspecified atom stereocenters. The van der Waals surface area contributed by atoms with Crippen LogP contribution in [0.15, 0.2) is 83.8 Å². The normalized spacial score (nSPS) is 16.6. The van der Waals surface area contributed by atoms with Crippen molar-refractivity contribution < 1.29 is 40.9 Å². The van der Waals surface area contributed by atoms with Gasteiger partial charge in [-0.15, -0.1) is 11.8 Å². The van der Waals surface area contributed by atoms with Crippen LogP contribution < -0.4 is 10.6 Å². The van der Waals surface area contributed by atoms with Crippen molar-refractivity contribution in [2.45, 2.75) is 76.6 Å². The van der Waals surface area contributed by atoms with E-state index < -0.39 is 27.6 Å². The first-order valence-corrected chi connectivity index (χ1v) is 22.5. The first-order chi connectivity index (χ1) is 20.4. The summed E-state index contributed by atoms with van der Waals surface area (Å²) >= 11 is -9.30. The smallest absolute Gasteiger partial charge is 0 e. The Morgan fingerprint density at radius 1 is 0.644 bits per heavy atom. The van der Waals surface area contributed by atoms with Crippen LogP contribution in [0.4, 0.5) is 16.9 Å². The molecule has 45 heavy (non-hydrogen) atoms. The fraction of sp³-hybridized carbons (Fsp3) is 0.353. The quantitative estimate of drug-likeness (QED) is 0.0965. The molecule has 0 spiro atoms. The van der Waals surface area contributed by atoms with E-state index in [2.05, 4.69) is 139 Å². The van der Waals surface area contributed by atoms with Crippen molar-refractivity contribution in [1.82, 2.24) is 0 Å². The topological polar surface area (TPSA) is 9.23 Å². The Hall–Kier alpha value is -0.578. The van der Waals surface area contributed by atoms with Gasteiger partial charge in [-0.25, -0.2) is 0 Å². The van der Waals surface area contributed by atoms with E-state index in [4.69, 9.17) is 4.52 Å². The Morgan fingerprint density at radius 3 is 1.33 bits per heavy atom. The Balaban J connectivity index is 0.000000520. The number of hydrogen-bond acceptors (Lipinski definition) is 2. The van der Waals surface area contributed by atoms with Crippen LogP contribution in [0.2, 0.25) is 0 Å². The van der Waals surface area contributed by atoms with Gasteiger partial charge in [0.05, 0.1) is 14.3 Å². The Bertz CT molecular complexity index is 1160. The second-order valence-electron chi connectivity index (χ2n) is 11.0. The summed E-state index contributed by atoms with van der Waals surface area (Å²) in [6.07, 6.45) is 14.1. The molecule has 1 nitrogen and oxygen atoms in total. The maximum atomic E-state index is 9.93. The largest absolute Gasteiger partial charge is 0 e. The SMILES string of the molecule is Cc1cc(C)cc(SC(C(C)C)[C@@H](C)OP(c2ccccc2)c2ccccc2)c1.[CH]1[CH]CC[CH][CH]CC1.[F][Sb-]([F])([F])([F])([F])[F].[Rh]. The minimum atomic E-state index is -11.2. The van der Waals surface area contributed by atoms with Crippen LogP contribution in [-0.4, -0.2) is 30.8 Å². The summed E-state index contributed by atoms with van der Waals surface area (Å²) < 4.78 is 66.4. The molecule has 1 saturated carbocycles. The zero-order chi connectivity index (χ0) is 32.9. The molecule has 1 aliphatic carbocycles.